The van der Waals surface area contributed by atoms with Crippen LogP contribution in [0.4, 0.5) is 4.79 Å². The Kier molecular flexibility index (Phi) is 4.95. The summed E-state index contributed by atoms with van der Waals surface area (Å²) in [4.78, 5) is 24.6. The molecule has 1 heterocycles. The Morgan fingerprint density at radius 1 is 1.33 bits per heavy atom. The van der Waals surface area contributed by atoms with Gasteiger partial charge in [0.25, 0.3) is 0 Å². The molecule has 0 aromatic heterocycles. The third-order valence-corrected chi connectivity index (χ3v) is 2.70. The van der Waals surface area contributed by atoms with E-state index in [0.717, 1.165) is 12.8 Å². The Hall–Kier alpha value is -1.30. The van der Waals surface area contributed by atoms with E-state index in [-0.39, 0.29) is 24.6 Å². The van der Waals surface area contributed by atoms with Crippen LogP contribution in [-0.4, -0.2) is 48.2 Å². The quantitative estimate of drug-likeness (QED) is 0.752. The van der Waals surface area contributed by atoms with Gasteiger partial charge in [0, 0.05) is 19.1 Å². The number of piperidine rings is 1. The van der Waals surface area contributed by atoms with Gasteiger partial charge in [0.05, 0.1) is 6.54 Å². The second-order valence-electron chi connectivity index (χ2n) is 5.51. The summed E-state index contributed by atoms with van der Waals surface area (Å²) >= 11 is 0. The lowest BCUT2D eigenvalue weighted by Crippen LogP contribution is -2.48. The van der Waals surface area contributed by atoms with Gasteiger partial charge in [-0.25, -0.2) is 4.79 Å². The van der Waals surface area contributed by atoms with Crippen LogP contribution in [0.3, 0.4) is 0 Å². The summed E-state index contributed by atoms with van der Waals surface area (Å²) in [7, 11) is 0. The molecule has 1 fully saturated rings. The van der Waals surface area contributed by atoms with E-state index < -0.39 is 5.60 Å². The Morgan fingerprint density at radius 2 is 1.89 bits per heavy atom. The Balaban J connectivity index is 2.35. The van der Waals surface area contributed by atoms with E-state index in [1.54, 1.807) is 4.90 Å². The predicted octanol–water partition coefficient (Wildman–Crippen LogP) is 0.461. The minimum Gasteiger partial charge on any atom is -0.444 e. The number of hydrogen-bond acceptors (Lipinski definition) is 4. The smallest absolute Gasteiger partial charge is 0.410 e. The maximum atomic E-state index is 11.8. The number of carbonyl (C=O) groups is 2. The molecule has 1 saturated heterocycles. The molecule has 1 aliphatic rings. The fraction of sp³-hybridized carbons (Fsp3) is 0.833. The molecule has 0 atom stereocenters. The monoisotopic (exact) mass is 257 g/mol. The predicted molar refractivity (Wildman–Crippen MR) is 68.0 cm³/mol. The van der Waals surface area contributed by atoms with E-state index in [0.29, 0.717) is 13.1 Å². The molecule has 18 heavy (non-hydrogen) atoms. The molecule has 0 saturated carbocycles. The first-order chi connectivity index (χ1) is 8.31. The second-order valence-corrected chi connectivity index (χ2v) is 5.51. The summed E-state index contributed by atoms with van der Waals surface area (Å²) in [5, 5.41) is 2.83. The van der Waals surface area contributed by atoms with Crippen molar-refractivity contribution in [2.75, 3.05) is 19.6 Å². The molecule has 0 unspecified atom stereocenters. The number of nitrogens with zero attached hydrogens (tertiary/aromatic N) is 1. The van der Waals surface area contributed by atoms with Gasteiger partial charge < -0.3 is 20.7 Å². The number of carbonyl (C=O) groups excluding carboxylic acids is 2. The molecule has 1 rings (SSSR count). The number of amides is 2. The van der Waals surface area contributed by atoms with Crippen LogP contribution in [0.15, 0.2) is 0 Å². The van der Waals surface area contributed by atoms with Crippen LogP contribution in [0.25, 0.3) is 0 Å². The van der Waals surface area contributed by atoms with Crippen molar-refractivity contribution in [2.24, 2.45) is 5.73 Å². The average Bonchev–Trinajstić information content (AvgIpc) is 2.27. The topological polar surface area (TPSA) is 84.7 Å². The zero-order valence-electron chi connectivity index (χ0n) is 11.4. The largest absolute Gasteiger partial charge is 0.444 e. The van der Waals surface area contributed by atoms with Gasteiger partial charge in [-0.3, -0.25) is 4.79 Å². The normalized spacial score (nSPS) is 17.4. The van der Waals surface area contributed by atoms with Crippen LogP contribution >= 0.6 is 0 Å². The first-order valence-corrected chi connectivity index (χ1v) is 6.29. The van der Waals surface area contributed by atoms with Crippen LogP contribution in [0.1, 0.15) is 33.6 Å². The highest BCUT2D eigenvalue weighted by atomic mass is 16.6. The number of likely N-dealkylation sites (tertiary alicyclic amines) is 1. The third kappa shape index (κ3) is 4.91. The first-order valence-electron chi connectivity index (χ1n) is 6.29. The molecule has 104 valence electrons. The van der Waals surface area contributed by atoms with Gasteiger partial charge in [-0.2, -0.15) is 0 Å². The van der Waals surface area contributed by atoms with E-state index in [1.165, 1.54) is 0 Å². The maximum absolute atomic E-state index is 11.8. The highest BCUT2D eigenvalue weighted by Gasteiger charge is 2.27. The van der Waals surface area contributed by atoms with Gasteiger partial charge >= 0.3 is 6.09 Å². The molecule has 3 N–H and O–H groups in total. The molecule has 0 aliphatic carbocycles. The Morgan fingerprint density at radius 3 is 2.33 bits per heavy atom. The second kappa shape index (κ2) is 6.04. The summed E-state index contributed by atoms with van der Waals surface area (Å²) in [6, 6.07) is 0.111. The molecule has 1 aliphatic heterocycles. The summed E-state index contributed by atoms with van der Waals surface area (Å²) in [5.74, 6) is -0.147. The highest BCUT2D eigenvalue weighted by Crippen LogP contribution is 2.15. The van der Waals surface area contributed by atoms with Gasteiger partial charge in [0.15, 0.2) is 0 Å². The van der Waals surface area contributed by atoms with E-state index in [4.69, 9.17) is 10.5 Å². The van der Waals surface area contributed by atoms with E-state index in [1.807, 2.05) is 20.8 Å². The van der Waals surface area contributed by atoms with Crippen molar-refractivity contribution in [3.05, 3.63) is 0 Å². The lowest BCUT2D eigenvalue weighted by atomic mass is 10.1. The van der Waals surface area contributed by atoms with Gasteiger partial charge in [-0.05, 0) is 33.6 Å². The molecule has 0 aromatic carbocycles. The summed E-state index contributed by atoms with van der Waals surface area (Å²) in [6.45, 7) is 6.75. The third-order valence-electron chi connectivity index (χ3n) is 2.70. The molecular formula is C12H23N3O3. The SMILES string of the molecule is CC(C)(C)OC(=O)N1CCC(NC(=O)CN)CC1. The van der Waals surface area contributed by atoms with Gasteiger partial charge in [0.2, 0.25) is 5.91 Å². The van der Waals surface area contributed by atoms with Crippen molar-refractivity contribution < 1.29 is 14.3 Å². The summed E-state index contributed by atoms with van der Waals surface area (Å²) in [5.41, 5.74) is 4.77. The average molecular weight is 257 g/mol. The number of nitrogens with one attached hydrogen (secondary N) is 1. The van der Waals surface area contributed by atoms with Gasteiger partial charge in [-0.1, -0.05) is 0 Å². The molecule has 0 bridgehead atoms. The molecule has 0 radical (unpaired) electrons. The number of nitrogens with two attached hydrogens (primary N) is 1. The standard InChI is InChI=1S/C12H23N3O3/c1-12(2,3)18-11(17)15-6-4-9(5-7-15)14-10(16)8-13/h9H,4-8,13H2,1-3H3,(H,14,16). The number of rotatable bonds is 2. The molecular weight excluding hydrogens is 234 g/mol. The maximum Gasteiger partial charge on any atom is 0.410 e. The van der Waals surface area contributed by atoms with Gasteiger partial charge in [0.1, 0.15) is 5.60 Å². The van der Waals surface area contributed by atoms with Crippen LogP contribution < -0.4 is 11.1 Å². The Labute approximate surface area is 108 Å². The minimum atomic E-state index is -0.471. The fourth-order valence-electron chi connectivity index (χ4n) is 1.82. The molecule has 6 nitrogen and oxygen atoms in total. The van der Waals surface area contributed by atoms with Gasteiger partial charge in [-0.15, -0.1) is 0 Å². The van der Waals surface area contributed by atoms with Crippen LogP contribution in [0, 0.1) is 0 Å². The lowest BCUT2D eigenvalue weighted by Gasteiger charge is -2.33. The van der Waals surface area contributed by atoms with Crippen molar-refractivity contribution in [3.8, 4) is 0 Å². The van der Waals surface area contributed by atoms with E-state index in [2.05, 4.69) is 5.32 Å². The van der Waals surface area contributed by atoms with Crippen molar-refractivity contribution in [1.82, 2.24) is 10.2 Å². The zero-order valence-corrected chi connectivity index (χ0v) is 11.4. The lowest BCUT2D eigenvalue weighted by molar-refractivity contribution is -0.120. The molecule has 0 aromatic rings. The highest BCUT2D eigenvalue weighted by molar-refractivity contribution is 5.78. The van der Waals surface area contributed by atoms with Crippen molar-refractivity contribution in [3.63, 3.8) is 0 Å². The Bertz CT molecular complexity index is 304. The molecule has 6 heteroatoms. The molecule has 0 spiro atoms. The number of hydrogen-bond donors (Lipinski definition) is 2. The number of ether oxygens (including phenoxy) is 1. The van der Waals surface area contributed by atoms with Crippen LogP contribution in [-0.2, 0) is 9.53 Å². The molecule has 2 amide bonds. The van der Waals surface area contributed by atoms with Crippen LogP contribution in [0.2, 0.25) is 0 Å². The minimum absolute atomic E-state index is 0.00623. The van der Waals surface area contributed by atoms with Crippen molar-refractivity contribution in [1.29, 1.82) is 0 Å². The van der Waals surface area contributed by atoms with Crippen LogP contribution in [0.5, 0.6) is 0 Å². The fourth-order valence-corrected chi connectivity index (χ4v) is 1.82. The van der Waals surface area contributed by atoms with E-state index in [9.17, 15) is 9.59 Å². The summed E-state index contributed by atoms with van der Waals surface area (Å²) < 4.78 is 5.29. The first kappa shape index (κ1) is 14.8. The summed E-state index contributed by atoms with van der Waals surface area (Å²) in [6.07, 6.45) is 1.20. The van der Waals surface area contributed by atoms with Crippen molar-refractivity contribution in [2.45, 2.75) is 45.3 Å². The van der Waals surface area contributed by atoms with Crippen molar-refractivity contribution >= 4 is 12.0 Å². The van der Waals surface area contributed by atoms with E-state index >= 15 is 0 Å². The zero-order chi connectivity index (χ0) is 13.8.